The van der Waals surface area contributed by atoms with E-state index in [2.05, 4.69) is 5.32 Å². The molecule has 0 spiro atoms. The molecule has 2 nitrogen and oxygen atoms in total. The first-order valence-electron chi connectivity index (χ1n) is 5.66. The predicted molar refractivity (Wildman–Crippen MR) is 62.9 cm³/mol. The number of carbonyl (C=O) groups excluding carboxylic acids is 1. The monoisotopic (exact) mass is 241 g/mol. The summed E-state index contributed by atoms with van der Waals surface area (Å²) in [4.78, 5) is 11.6. The Hall–Kier alpha value is -1.45. The van der Waals surface area contributed by atoms with Gasteiger partial charge in [0.05, 0.1) is 0 Å². The highest BCUT2D eigenvalue weighted by Gasteiger charge is 2.18. The smallest absolute Gasteiger partial charge is 0.257 e. The van der Waals surface area contributed by atoms with Gasteiger partial charge in [-0.05, 0) is 30.9 Å². The molecular formula is C13H17F2NO. The Morgan fingerprint density at radius 1 is 1.35 bits per heavy atom. The number of nitrogens with one attached hydrogen (secondary N) is 1. The number of aryl methyl sites for hydroxylation is 1. The van der Waals surface area contributed by atoms with Crippen LogP contribution in [-0.2, 0) is 0 Å². The van der Waals surface area contributed by atoms with Gasteiger partial charge in [0.15, 0.2) is 0 Å². The molecule has 1 rings (SSSR count). The Morgan fingerprint density at radius 2 is 2.00 bits per heavy atom. The van der Waals surface area contributed by atoms with Gasteiger partial charge < -0.3 is 5.32 Å². The maximum atomic E-state index is 13.6. The topological polar surface area (TPSA) is 29.1 Å². The number of rotatable bonds is 4. The van der Waals surface area contributed by atoms with E-state index in [4.69, 9.17) is 0 Å². The molecule has 0 saturated heterocycles. The second-order valence-electron chi connectivity index (χ2n) is 4.49. The lowest BCUT2D eigenvalue weighted by molar-refractivity contribution is 0.0943. The highest BCUT2D eigenvalue weighted by atomic mass is 19.1. The Kier molecular flexibility index (Phi) is 4.61. The molecule has 0 aliphatic carbocycles. The zero-order chi connectivity index (χ0) is 13.0. The highest BCUT2D eigenvalue weighted by Crippen LogP contribution is 2.16. The molecule has 17 heavy (non-hydrogen) atoms. The average molecular weight is 241 g/mol. The van der Waals surface area contributed by atoms with Gasteiger partial charge in [0.25, 0.3) is 5.91 Å². The van der Waals surface area contributed by atoms with Gasteiger partial charge in [-0.1, -0.05) is 19.9 Å². The molecule has 0 atom stereocenters. The maximum absolute atomic E-state index is 13.6. The molecule has 0 aromatic heterocycles. The summed E-state index contributed by atoms with van der Waals surface area (Å²) in [5.74, 6) is -1.87. The van der Waals surface area contributed by atoms with Crippen molar-refractivity contribution in [1.29, 1.82) is 0 Å². The van der Waals surface area contributed by atoms with Crippen molar-refractivity contribution in [2.75, 3.05) is 6.54 Å². The highest BCUT2D eigenvalue weighted by molar-refractivity contribution is 5.94. The van der Waals surface area contributed by atoms with E-state index in [1.807, 2.05) is 13.8 Å². The molecule has 0 radical (unpaired) electrons. The lowest BCUT2D eigenvalue weighted by Crippen LogP contribution is -2.27. The number of halogens is 2. The third kappa shape index (κ3) is 3.51. The van der Waals surface area contributed by atoms with Crippen molar-refractivity contribution in [3.05, 3.63) is 34.9 Å². The van der Waals surface area contributed by atoms with Crippen LogP contribution in [0.4, 0.5) is 8.78 Å². The van der Waals surface area contributed by atoms with E-state index in [-0.39, 0.29) is 5.56 Å². The van der Waals surface area contributed by atoms with Crippen molar-refractivity contribution in [3.8, 4) is 0 Å². The Labute approximate surface area is 100 Å². The molecular weight excluding hydrogens is 224 g/mol. The van der Waals surface area contributed by atoms with Gasteiger partial charge in [0.2, 0.25) is 0 Å². The van der Waals surface area contributed by atoms with Crippen molar-refractivity contribution in [2.45, 2.75) is 27.2 Å². The third-order valence-electron chi connectivity index (χ3n) is 2.52. The third-order valence-corrected chi connectivity index (χ3v) is 2.52. The van der Waals surface area contributed by atoms with Crippen LogP contribution >= 0.6 is 0 Å². The lowest BCUT2D eigenvalue weighted by Gasteiger charge is -2.09. The van der Waals surface area contributed by atoms with E-state index in [0.29, 0.717) is 12.5 Å². The van der Waals surface area contributed by atoms with Gasteiger partial charge >= 0.3 is 0 Å². The minimum absolute atomic E-state index is 0.264. The van der Waals surface area contributed by atoms with Crippen LogP contribution < -0.4 is 5.32 Å². The summed E-state index contributed by atoms with van der Waals surface area (Å²) in [6.45, 7) is 5.95. The molecule has 1 amide bonds. The minimum Gasteiger partial charge on any atom is -0.352 e. The first-order valence-corrected chi connectivity index (χ1v) is 5.66. The summed E-state index contributed by atoms with van der Waals surface area (Å²) >= 11 is 0. The minimum atomic E-state index is -0.824. The second kappa shape index (κ2) is 5.75. The normalized spacial score (nSPS) is 10.7. The molecule has 0 aliphatic heterocycles. The van der Waals surface area contributed by atoms with Crippen molar-refractivity contribution >= 4 is 5.91 Å². The van der Waals surface area contributed by atoms with Crippen LogP contribution in [0.5, 0.6) is 0 Å². The number of benzene rings is 1. The lowest BCUT2D eigenvalue weighted by atomic mass is 10.1. The summed E-state index contributed by atoms with van der Waals surface area (Å²) in [6.07, 6.45) is 0.779. The zero-order valence-corrected chi connectivity index (χ0v) is 10.3. The fourth-order valence-corrected chi connectivity index (χ4v) is 1.43. The Balaban J connectivity index is 2.79. The Bertz CT molecular complexity index is 416. The molecule has 0 saturated carbocycles. The van der Waals surface area contributed by atoms with Crippen LogP contribution in [0.15, 0.2) is 12.1 Å². The van der Waals surface area contributed by atoms with Gasteiger partial charge in [-0.2, -0.15) is 0 Å². The van der Waals surface area contributed by atoms with E-state index < -0.39 is 23.1 Å². The summed E-state index contributed by atoms with van der Waals surface area (Å²) in [6, 6.07) is 2.42. The fourth-order valence-electron chi connectivity index (χ4n) is 1.43. The maximum Gasteiger partial charge on any atom is 0.257 e. The molecule has 4 heteroatoms. The zero-order valence-electron chi connectivity index (χ0n) is 10.3. The number of carbonyl (C=O) groups is 1. The first kappa shape index (κ1) is 13.6. The summed E-state index contributed by atoms with van der Waals surface area (Å²) in [5, 5.41) is 2.52. The molecule has 94 valence electrons. The van der Waals surface area contributed by atoms with Crippen LogP contribution in [0.2, 0.25) is 0 Å². The van der Waals surface area contributed by atoms with Crippen LogP contribution in [0.3, 0.4) is 0 Å². The number of hydrogen-bond acceptors (Lipinski definition) is 1. The SMILES string of the molecule is Cc1ccc(F)c(C(=O)NCCC(C)C)c1F. The van der Waals surface area contributed by atoms with E-state index in [1.54, 1.807) is 0 Å². The molecule has 1 aromatic carbocycles. The van der Waals surface area contributed by atoms with Gasteiger partial charge in [-0.15, -0.1) is 0 Å². The standard InChI is InChI=1S/C13H17F2NO/c1-8(2)6-7-16-13(17)11-10(14)5-4-9(3)12(11)15/h4-5,8H,6-7H2,1-3H3,(H,16,17). The summed E-state index contributed by atoms with van der Waals surface area (Å²) in [5.41, 5.74) is -0.228. The van der Waals surface area contributed by atoms with Crippen LogP contribution in [0.1, 0.15) is 36.2 Å². The van der Waals surface area contributed by atoms with Crippen molar-refractivity contribution in [3.63, 3.8) is 0 Å². The van der Waals surface area contributed by atoms with Gasteiger partial charge in [0.1, 0.15) is 17.2 Å². The van der Waals surface area contributed by atoms with Crippen molar-refractivity contribution in [1.82, 2.24) is 5.32 Å². The van der Waals surface area contributed by atoms with E-state index >= 15 is 0 Å². The van der Waals surface area contributed by atoms with E-state index in [0.717, 1.165) is 12.5 Å². The number of hydrogen-bond donors (Lipinski definition) is 1. The summed E-state index contributed by atoms with van der Waals surface area (Å²) in [7, 11) is 0. The van der Waals surface area contributed by atoms with Crippen molar-refractivity contribution in [2.24, 2.45) is 5.92 Å². The first-order chi connectivity index (χ1) is 7.93. The predicted octanol–water partition coefficient (Wildman–Crippen LogP) is 3.05. The average Bonchev–Trinajstić information content (AvgIpc) is 2.23. The Morgan fingerprint density at radius 3 is 2.59 bits per heavy atom. The second-order valence-corrected chi connectivity index (χ2v) is 4.49. The van der Waals surface area contributed by atoms with Crippen molar-refractivity contribution < 1.29 is 13.6 Å². The number of amides is 1. The molecule has 1 aromatic rings. The van der Waals surface area contributed by atoms with Gasteiger partial charge in [-0.3, -0.25) is 4.79 Å². The molecule has 0 fully saturated rings. The quantitative estimate of drug-likeness (QED) is 0.862. The van der Waals surface area contributed by atoms with E-state index in [1.165, 1.54) is 13.0 Å². The van der Waals surface area contributed by atoms with Crippen LogP contribution in [-0.4, -0.2) is 12.5 Å². The van der Waals surface area contributed by atoms with Crippen LogP contribution in [0, 0.1) is 24.5 Å². The molecule has 0 unspecified atom stereocenters. The van der Waals surface area contributed by atoms with Gasteiger partial charge in [0, 0.05) is 6.54 Å². The fraction of sp³-hybridized carbons (Fsp3) is 0.462. The molecule has 0 aliphatic rings. The van der Waals surface area contributed by atoms with Gasteiger partial charge in [-0.25, -0.2) is 8.78 Å². The summed E-state index contributed by atoms with van der Waals surface area (Å²) < 4.78 is 27.0. The molecule has 0 bridgehead atoms. The molecule has 1 N–H and O–H groups in total. The van der Waals surface area contributed by atoms with E-state index in [9.17, 15) is 13.6 Å². The largest absolute Gasteiger partial charge is 0.352 e. The van der Waals surface area contributed by atoms with Crippen LogP contribution in [0.25, 0.3) is 0 Å². The molecule has 0 heterocycles.